The van der Waals surface area contributed by atoms with Crippen LogP contribution < -0.4 is 0 Å². The van der Waals surface area contributed by atoms with E-state index in [1.165, 1.54) is 17.0 Å². The van der Waals surface area contributed by atoms with Crippen molar-refractivity contribution in [3.05, 3.63) is 71.3 Å². The molecule has 1 aliphatic rings. The Labute approximate surface area is 161 Å². The minimum absolute atomic E-state index is 0.0451. The van der Waals surface area contributed by atoms with E-state index in [1.54, 1.807) is 30.3 Å². The zero-order chi connectivity index (χ0) is 20.4. The van der Waals surface area contributed by atoms with E-state index < -0.39 is 26.8 Å². The maximum Gasteiger partial charge on any atom is 0.416 e. The average molecular weight is 411 g/mol. The Morgan fingerprint density at radius 3 is 2.43 bits per heavy atom. The first kappa shape index (κ1) is 20.4. The minimum atomic E-state index is -4.47. The fourth-order valence-corrected chi connectivity index (χ4v) is 5.17. The van der Waals surface area contributed by atoms with Crippen molar-refractivity contribution in [2.45, 2.75) is 24.3 Å². The quantitative estimate of drug-likeness (QED) is 0.775. The summed E-state index contributed by atoms with van der Waals surface area (Å²) in [5, 5.41) is -0.681. The maximum absolute atomic E-state index is 12.8. The fraction of sp³-hybridized carbons (Fsp3) is 0.350. The van der Waals surface area contributed by atoms with Crippen LogP contribution in [0.5, 0.6) is 0 Å². The summed E-state index contributed by atoms with van der Waals surface area (Å²) in [6, 6.07) is 13.5. The van der Waals surface area contributed by atoms with Crippen molar-refractivity contribution in [3.8, 4) is 0 Å². The van der Waals surface area contributed by atoms with Crippen LogP contribution in [0.1, 0.15) is 28.4 Å². The second-order valence-electron chi connectivity index (χ2n) is 6.81. The molecule has 4 nitrogen and oxygen atoms in total. The van der Waals surface area contributed by atoms with Crippen LogP contribution in [0.4, 0.5) is 13.2 Å². The summed E-state index contributed by atoms with van der Waals surface area (Å²) < 4.78 is 63.8. The Morgan fingerprint density at radius 2 is 1.75 bits per heavy atom. The van der Waals surface area contributed by atoms with Crippen LogP contribution in [0.2, 0.25) is 0 Å². The van der Waals surface area contributed by atoms with E-state index in [9.17, 15) is 26.4 Å². The third-order valence-electron chi connectivity index (χ3n) is 4.87. The molecule has 1 aliphatic heterocycles. The van der Waals surface area contributed by atoms with Gasteiger partial charge in [-0.05, 0) is 23.6 Å². The van der Waals surface area contributed by atoms with Crippen molar-refractivity contribution in [3.63, 3.8) is 0 Å². The molecule has 0 spiro atoms. The van der Waals surface area contributed by atoms with Gasteiger partial charge in [-0.3, -0.25) is 4.79 Å². The van der Waals surface area contributed by atoms with Crippen LogP contribution in [0, 0.1) is 0 Å². The van der Waals surface area contributed by atoms with Gasteiger partial charge in [0.2, 0.25) is 5.91 Å². The highest BCUT2D eigenvalue weighted by Gasteiger charge is 2.33. The predicted molar refractivity (Wildman–Crippen MR) is 99.3 cm³/mol. The summed E-state index contributed by atoms with van der Waals surface area (Å²) in [7, 11) is -3.42. The van der Waals surface area contributed by atoms with Gasteiger partial charge in [0.05, 0.1) is 23.0 Å². The van der Waals surface area contributed by atoms with Crippen LogP contribution in [-0.2, 0) is 27.2 Å². The third kappa shape index (κ3) is 4.73. The predicted octanol–water partition coefficient (Wildman–Crippen LogP) is 3.64. The Morgan fingerprint density at radius 1 is 1.04 bits per heavy atom. The van der Waals surface area contributed by atoms with Crippen LogP contribution in [-0.4, -0.2) is 38.1 Å². The lowest BCUT2D eigenvalue weighted by Crippen LogP contribution is -2.34. The Bertz CT molecular complexity index is 943. The number of amides is 1. The van der Waals surface area contributed by atoms with Crippen molar-refractivity contribution < 1.29 is 26.4 Å². The monoisotopic (exact) mass is 411 g/mol. The van der Waals surface area contributed by atoms with Crippen molar-refractivity contribution >= 4 is 15.7 Å². The van der Waals surface area contributed by atoms with Gasteiger partial charge in [-0.25, -0.2) is 8.42 Å². The Balaban J connectivity index is 1.72. The normalized spacial score (nSPS) is 19.8. The van der Waals surface area contributed by atoms with E-state index in [0.29, 0.717) is 5.56 Å². The molecule has 1 atom stereocenters. The molecule has 1 amide bonds. The van der Waals surface area contributed by atoms with E-state index in [1.807, 2.05) is 0 Å². The zero-order valence-corrected chi connectivity index (χ0v) is 15.8. The van der Waals surface area contributed by atoms with Gasteiger partial charge in [0.15, 0.2) is 9.84 Å². The molecule has 0 saturated carbocycles. The van der Waals surface area contributed by atoms with Gasteiger partial charge < -0.3 is 4.90 Å². The van der Waals surface area contributed by atoms with Crippen molar-refractivity contribution in [1.29, 1.82) is 0 Å². The molecule has 0 radical (unpaired) electrons. The molecule has 8 heteroatoms. The summed E-state index contributed by atoms with van der Waals surface area (Å²) in [6.07, 6.45) is -4.40. The summed E-state index contributed by atoms with van der Waals surface area (Å²) in [6.45, 7) is 0.292. The van der Waals surface area contributed by atoms with Gasteiger partial charge in [-0.1, -0.05) is 48.5 Å². The summed E-state index contributed by atoms with van der Waals surface area (Å²) in [5.41, 5.74) is 0.140. The number of nitrogens with zero attached hydrogens (tertiary/aromatic N) is 1. The highest BCUT2D eigenvalue weighted by molar-refractivity contribution is 7.91. The van der Waals surface area contributed by atoms with Gasteiger partial charge in [0, 0.05) is 13.1 Å². The largest absolute Gasteiger partial charge is 0.416 e. The molecule has 0 aliphatic carbocycles. The molecule has 1 unspecified atom stereocenters. The number of halogens is 3. The Hall–Kier alpha value is -2.35. The molecule has 0 N–H and O–H groups in total. The Kier molecular flexibility index (Phi) is 5.79. The molecule has 1 saturated heterocycles. The molecule has 2 aromatic rings. The number of hydrogen-bond acceptors (Lipinski definition) is 3. The van der Waals surface area contributed by atoms with Gasteiger partial charge in [0.1, 0.15) is 0 Å². The smallest absolute Gasteiger partial charge is 0.341 e. The average Bonchev–Trinajstić information content (AvgIpc) is 2.80. The number of sulfone groups is 1. The lowest BCUT2D eigenvalue weighted by molar-refractivity contribution is -0.138. The lowest BCUT2D eigenvalue weighted by atomic mass is 10.1. The number of alkyl halides is 3. The van der Waals surface area contributed by atoms with E-state index >= 15 is 0 Å². The molecular formula is C20H20F3NO3S. The molecule has 0 aromatic heterocycles. The first-order valence-electron chi connectivity index (χ1n) is 8.87. The summed E-state index contributed by atoms with van der Waals surface area (Å²) in [4.78, 5) is 14.0. The van der Waals surface area contributed by atoms with E-state index in [0.717, 1.165) is 12.1 Å². The molecule has 0 bridgehead atoms. The maximum atomic E-state index is 12.8. The first-order chi connectivity index (χ1) is 13.2. The molecule has 2 aromatic carbocycles. The topological polar surface area (TPSA) is 54.5 Å². The zero-order valence-electron chi connectivity index (χ0n) is 15.0. The summed E-state index contributed by atoms with van der Waals surface area (Å²) in [5.74, 6) is -0.538. The molecule has 1 heterocycles. The van der Waals surface area contributed by atoms with Crippen molar-refractivity contribution in [1.82, 2.24) is 4.90 Å². The summed E-state index contributed by atoms with van der Waals surface area (Å²) >= 11 is 0. The van der Waals surface area contributed by atoms with Crippen molar-refractivity contribution in [2.24, 2.45) is 0 Å². The second-order valence-corrected chi connectivity index (χ2v) is 9.11. The van der Waals surface area contributed by atoms with Crippen LogP contribution in [0.25, 0.3) is 0 Å². The molecular weight excluding hydrogens is 391 g/mol. The number of rotatable bonds is 3. The van der Waals surface area contributed by atoms with Crippen LogP contribution >= 0.6 is 0 Å². The molecule has 1 fully saturated rings. The van der Waals surface area contributed by atoms with Gasteiger partial charge in [0.25, 0.3) is 0 Å². The van der Waals surface area contributed by atoms with Crippen molar-refractivity contribution in [2.75, 3.05) is 18.8 Å². The van der Waals surface area contributed by atoms with Crippen LogP contribution in [0.3, 0.4) is 0 Å². The van der Waals surface area contributed by atoms with Crippen LogP contribution in [0.15, 0.2) is 54.6 Å². The van der Waals surface area contributed by atoms with E-state index in [2.05, 4.69) is 0 Å². The number of carbonyl (C=O) groups excluding carboxylic acids is 1. The van der Waals surface area contributed by atoms with Gasteiger partial charge in [-0.2, -0.15) is 13.2 Å². The first-order valence-corrected chi connectivity index (χ1v) is 10.6. The number of carbonyl (C=O) groups is 1. The highest BCUT2D eigenvalue weighted by Crippen LogP contribution is 2.31. The standard InChI is InChI=1S/C20H20F3NO3S/c21-20(22,23)17-8-4-5-15(13-17)14-19(25)24-10-9-18(28(26,27)12-11-24)16-6-2-1-3-7-16/h1-8,13,18H,9-12,14H2. The SMILES string of the molecule is O=C(Cc1cccc(C(F)(F)F)c1)N1CCC(c2ccccc2)S(=O)(=O)CC1. The van der Waals surface area contributed by atoms with E-state index in [4.69, 9.17) is 0 Å². The fourth-order valence-electron chi connectivity index (χ4n) is 3.38. The van der Waals surface area contributed by atoms with Gasteiger partial charge in [-0.15, -0.1) is 0 Å². The molecule has 28 heavy (non-hydrogen) atoms. The second kappa shape index (κ2) is 7.95. The minimum Gasteiger partial charge on any atom is -0.341 e. The number of benzene rings is 2. The van der Waals surface area contributed by atoms with Gasteiger partial charge >= 0.3 is 6.18 Å². The van der Waals surface area contributed by atoms with E-state index in [-0.39, 0.29) is 43.2 Å². The number of hydrogen-bond donors (Lipinski definition) is 0. The highest BCUT2D eigenvalue weighted by atomic mass is 32.2. The third-order valence-corrected chi connectivity index (χ3v) is 7.00. The lowest BCUT2D eigenvalue weighted by Gasteiger charge is -2.20. The molecule has 3 rings (SSSR count). The molecule has 150 valence electrons.